The van der Waals surface area contributed by atoms with Gasteiger partial charge in [0.25, 0.3) is 0 Å². The average molecular weight is 366 g/mol. The lowest BCUT2D eigenvalue weighted by Crippen LogP contribution is -2.59. The van der Waals surface area contributed by atoms with Gasteiger partial charge in [-0.15, -0.1) is 0 Å². The zero-order chi connectivity index (χ0) is 18.9. The summed E-state index contributed by atoms with van der Waals surface area (Å²) in [5.41, 5.74) is -0.559. The van der Waals surface area contributed by atoms with E-state index in [0.717, 1.165) is 45.4 Å². The summed E-state index contributed by atoms with van der Waals surface area (Å²) >= 11 is 0. The van der Waals surface area contributed by atoms with Crippen LogP contribution in [0.3, 0.4) is 0 Å². The highest BCUT2D eigenvalue weighted by Crippen LogP contribution is 2.43. The normalized spacial score (nSPS) is 33.3. The summed E-state index contributed by atoms with van der Waals surface area (Å²) in [5.74, 6) is 0.959. The molecule has 3 atom stereocenters. The van der Waals surface area contributed by atoms with Crippen LogP contribution < -0.4 is 0 Å². The van der Waals surface area contributed by atoms with Gasteiger partial charge in [-0.05, 0) is 38.1 Å². The Bertz CT molecular complexity index is 530. The molecule has 6 nitrogen and oxygen atoms in total. The van der Waals surface area contributed by atoms with Gasteiger partial charge in [0.05, 0.1) is 6.61 Å². The molecule has 2 aliphatic heterocycles. The van der Waals surface area contributed by atoms with Crippen molar-refractivity contribution in [2.75, 3.05) is 39.8 Å². The van der Waals surface area contributed by atoms with Crippen molar-refractivity contribution in [1.82, 2.24) is 14.7 Å². The first-order valence-corrected chi connectivity index (χ1v) is 10.3. The number of hydrogen-bond acceptors (Lipinski definition) is 4. The number of carbonyl (C=O) groups excluding carboxylic acids is 2. The van der Waals surface area contributed by atoms with E-state index in [1.165, 1.54) is 6.42 Å². The predicted octanol–water partition coefficient (Wildman–Crippen LogP) is 1.94. The number of nitrogens with zero attached hydrogens (tertiary/aromatic N) is 3. The Hall–Kier alpha value is -1.14. The molecule has 1 saturated carbocycles. The summed E-state index contributed by atoms with van der Waals surface area (Å²) in [7, 11) is 2.08. The SMILES string of the molecule is CC(C)CC(=O)N1[C@H](C(=O)N2CCN(C)CC2)CO[C@]12CCC[C@H](C)C2. The molecule has 0 N–H and O–H groups in total. The molecular formula is C20H35N3O3. The summed E-state index contributed by atoms with van der Waals surface area (Å²) in [6.07, 6.45) is 4.42. The van der Waals surface area contributed by atoms with E-state index in [0.29, 0.717) is 18.9 Å². The number of carbonyl (C=O) groups is 2. The fraction of sp³-hybridized carbons (Fsp3) is 0.900. The summed E-state index contributed by atoms with van der Waals surface area (Å²) in [5, 5.41) is 0. The topological polar surface area (TPSA) is 53.1 Å². The van der Waals surface area contributed by atoms with Crippen molar-refractivity contribution in [3.8, 4) is 0 Å². The zero-order valence-electron chi connectivity index (χ0n) is 16.9. The van der Waals surface area contributed by atoms with Gasteiger partial charge in [-0.3, -0.25) is 14.5 Å². The minimum absolute atomic E-state index is 0.0744. The van der Waals surface area contributed by atoms with Gasteiger partial charge in [-0.1, -0.05) is 27.2 Å². The van der Waals surface area contributed by atoms with E-state index in [-0.39, 0.29) is 17.7 Å². The van der Waals surface area contributed by atoms with Gasteiger partial charge in [0.2, 0.25) is 11.8 Å². The summed E-state index contributed by atoms with van der Waals surface area (Å²) in [6, 6.07) is -0.449. The molecule has 3 fully saturated rings. The van der Waals surface area contributed by atoms with Gasteiger partial charge in [0.1, 0.15) is 11.8 Å². The van der Waals surface area contributed by atoms with Crippen molar-refractivity contribution in [2.45, 2.75) is 64.6 Å². The quantitative estimate of drug-likeness (QED) is 0.767. The largest absolute Gasteiger partial charge is 0.353 e. The molecule has 0 aromatic rings. The summed E-state index contributed by atoms with van der Waals surface area (Å²) in [6.45, 7) is 9.95. The van der Waals surface area contributed by atoms with Crippen LogP contribution in [-0.4, -0.2) is 78.1 Å². The van der Waals surface area contributed by atoms with E-state index >= 15 is 0 Å². The van der Waals surface area contributed by atoms with Crippen LogP contribution in [0.5, 0.6) is 0 Å². The number of piperazine rings is 1. The first-order valence-electron chi connectivity index (χ1n) is 10.3. The monoisotopic (exact) mass is 365 g/mol. The molecule has 3 rings (SSSR count). The molecule has 0 aromatic carbocycles. The molecule has 6 heteroatoms. The maximum atomic E-state index is 13.2. The van der Waals surface area contributed by atoms with Crippen LogP contribution in [-0.2, 0) is 14.3 Å². The number of ether oxygens (including phenoxy) is 1. The van der Waals surface area contributed by atoms with Crippen molar-refractivity contribution in [1.29, 1.82) is 0 Å². The summed E-state index contributed by atoms with van der Waals surface area (Å²) in [4.78, 5) is 32.4. The van der Waals surface area contributed by atoms with Crippen molar-refractivity contribution < 1.29 is 14.3 Å². The molecule has 148 valence electrons. The molecule has 3 aliphatic rings. The molecule has 26 heavy (non-hydrogen) atoms. The minimum Gasteiger partial charge on any atom is -0.353 e. The molecule has 0 radical (unpaired) electrons. The number of rotatable bonds is 3. The zero-order valence-corrected chi connectivity index (χ0v) is 16.9. The lowest BCUT2D eigenvalue weighted by Gasteiger charge is -2.44. The van der Waals surface area contributed by atoms with E-state index in [2.05, 4.69) is 32.7 Å². The van der Waals surface area contributed by atoms with Crippen LogP contribution >= 0.6 is 0 Å². The van der Waals surface area contributed by atoms with Gasteiger partial charge in [-0.25, -0.2) is 0 Å². The van der Waals surface area contributed by atoms with Gasteiger partial charge < -0.3 is 14.5 Å². The molecular weight excluding hydrogens is 330 g/mol. The Morgan fingerprint density at radius 3 is 2.50 bits per heavy atom. The lowest BCUT2D eigenvalue weighted by atomic mass is 9.83. The molecule has 2 heterocycles. The van der Waals surface area contributed by atoms with Gasteiger partial charge in [0.15, 0.2) is 0 Å². The number of amides is 2. The minimum atomic E-state index is -0.559. The van der Waals surface area contributed by atoms with E-state index in [4.69, 9.17) is 4.74 Å². The Morgan fingerprint density at radius 2 is 1.88 bits per heavy atom. The van der Waals surface area contributed by atoms with Crippen molar-refractivity contribution in [3.63, 3.8) is 0 Å². The third-order valence-corrected chi connectivity index (χ3v) is 6.14. The maximum absolute atomic E-state index is 13.2. The Balaban J connectivity index is 1.81. The highest BCUT2D eigenvalue weighted by Gasteiger charge is 2.54. The fourth-order valence-corrected chi connectivity index (χ4v) is 4.76. The highest BCUT2D eigenvalue weighted by atomic mass is 16.5. The second-order valence-electron chi connectivity index (χ2n) is 8.96. The predicted molar refractivity (Wildman–Crippen MR) is 100 cm³/mol. The number of hydrogen-bond donors (Lipinski definition) is 0. The van der Waals surface area contributed by atoms with Crippen LogP contribution in [0.25, 0.3) is 0 Å². The van der Waals surface area contributed by atoms with Gasteiger partial charge in [-0.2, -0.15) is 0 Å². The van der Waals surface area contributed by atoms with E-state index in [1.54, 1.807) is 0 Å². The molecule has 0 aromatic heterocycles. The third kappa shape index (κ3) is 3.91. The molecule has 2 amide bonds. The Labute approximate surface area is 157 Å². The fourth-order valence-electron chi connectivity index (χ4n) is 4.76. The lowest BCUT2D eigenvalue weighted by molar-refractivity contribution is -0.165. The van der Waals surface area contributed by atoms with Crippen LogP contribution in [0, 0.1) is 11.8 Å². The van der Waals surface area contributed by atoms with E-state index in [1.807, 2.05) is 9.80 Å². The molecule has 2 saturated heterocycles. The van der Waals surface area contributed by atoms with Crippen molar-refractivity contribution in [3.05, 3.63) is 0 Å². The standard InChI is InChI=1S/C20H35N3O3/c1-15(2)12-18(24)23-17(19(25)22-10-8-21(4)9-11-22)14-26-20(23)7-5-6-16(3)13-20/h15-17H,5-14H2,1-4H3/t16-,17-,20-/m0/s1. The molecule has 1 aliphatic carbocycles. The van der Waals surface area contributed by atoms with Crippen LogP contribution in [0.4, 0.5) is 0 Å². The number of likely N-dealkylation sites (N-methyl/N-ethyl adjacent to an activating group) is 1. The highest BCUT2D eigenvalue weighted by molar-refractivity contribution is 5.89. The van der Waals surface area contributed by atoms with Gasteiger partial charge in [0, 0.05) is 32.6 Å². The summed E-state index contributed by atoms with van der Waals surface area (Å²) < 4.78 is 6.26. The van der Waals surface area contributed by atoms with Crippen LogP contribution in [0.1, 0.15) is 52.9 Å². The first-order chi connectivity index (χ1) is 12.3. The first kappa shape index (κ1) is 19.6. The van der Waals surface area contributed by atoms with Crippen LogP contribution in [0.15, 0.2) is 0 Å². The smallest absolute Gasteiger partial charge is 0.247 e. The Kier molecular flexibility index (Phi) is 5.92. The maximum Gasteiger partial charge on any atom is 0.247 e. The van der Waals surface area contributed by atoms with E-state index in [9.17, 15) is 9.59 Å². The molecule has 0 unspecified atom stereocenters. The van der Waals surface area contributed by atoms with Crippen LogP contribution in [0.2, 0.25) is 0 Å². The second-order valence-corrected chi connectivity index (χ2v) is 8.96. The molecule has 0 bridgehead atoms. The second kappa shape index (κ2) is 7.85. The average Bonchev–Trinajstić information content (AvgIpc) is 2.92. The Morgan fingerprint density at radius 1 is 1.19 bits per heavy atom. The van der Waals surface area contributed by atoms with Crippen molar-refractivity contribution in [2.24, 2.45) is 11.8 Å². The van der Waals surface area contributed by atoms with E-state index < -0.39 is 11.8 Å². The van der Waals surface area contributed by atoms with Gasteiger partial charge >= 0.3 is 0 Å². The third-order valence-electron chi connectivity index (χ3n) is 6.14. The van der Waals surface area contributed by atoms with Crippen molar-refractivity contribution >= 4 is 11.8 Å². The molecule has 1 spiro atoms.